The molecule has 2 N–H and O–H groups in total. The van der Waals surface area contributed by atoms with Crippen molar-refractivity contribution in [1.29, 1.82) is 0 Å². The zero-order valence-electron chi connectivity index (χ0n) is 12.1. The SMILES string of the molecule is COc1ccc(OC)c(S(=O)(=O)N2CCC(CN)C2)c1.Cl. The van der Waals surface area contributed by atoms with Crippen molar-refractivity contribution in [1.82, 2.24) is 4.31 Å². The molecule has 2 rings (SSSR count). The monoisotopic (exact) mass is 336 g/mol. The molecule has 1 aliphatic rings. The van der Waals surface area contributed by atoms with Crippen molar-refractivity contribution in [2.45, 2.75) is 11.3 Å². The minimum Gasteiger partial charge on any atom is -0.497 e. The molecule has 0 saturated carbocycles. The number of hydrogen-bond acceptors (Lipinski definition) is 5. The number of ether oxygens (including phenoxy) is 2. The predicted molar refractivity (Wildman–Crippen MR) is 82.7 cm³/mol. The van der Waals surface area contributed by atoms with Gasteiger partial charge < -0.3 is 15.2 Å². The van der Waals surface area contributed by atoms with Crippen molar-refractivity contribution in [3.63, 3.8) is 0 Å². The van der Waals surface area contributed by atoms with Crippen LogP contribution in [0.1, 0.15) is 6.42 Å². The number of sulfonamides is 1. The third kappa shape index (κ3) is 3.60. The number of halogens is 1. The first-order chi connectivity index (χ1) is 9.52. The number of nitrogens with zero attached hydrogens (tertiary/aromatic N) is 1. The van der Waals surface area contributed by atoms with Crippen LogP contribution >= 0.6 is 12.4 Å². The lowest BCUT2D eigenvalue weighted by Crippen LogP contribution is -2.30. The summed E-state index contributed by atoms with van der Waals surface area (Å²) in [4.78, 5) is 0.136. The average molecular weight is 337 g/mol. The molecule has 1 saturated heterocycles. The molecular weight excluding hydrogens is 316 g/mol. The Bertz CT molecular complexity index is 580. The van der Waals surface area contributed by atoms with Crippen molar-refractivity contribution in [2.75, 3.05) is 33.9 Å². The van der Waals surface area contributed by atoms with Gasteiger partial charge in [0.05, 0.1) is 14.2 Å². The highest BCUT2D eigenvalue weighted by atomic mass is 35.5. The van der Waals surface area contributed by atoms with Crippen molar-refractivity contribution in [3.8, 4) is 11.5 Å². The van der Waals surface area contributed by atoms with Crippen LogP contribution in [0.15, 0.2) is 23.1 Å². The van der Waals surface area contributed by atoms with E-state index in [9.17, 15) is 8.42 Å². The van der Waals surface area contributed by atoms with Gasteiger partial charge in [0.15, 0.2) is 0 Å². The van der Waals surface area contributed by atoms with Crippen molar-refractivity contribution in [2.24, 2.45) is 11.7 Å². The van der Waals surface area contributed by atoms with E-state index in [-0.39, 0.29) is 23.2 Å². The van der Waals surface area contributed by atoms with Crippen LogP contribution in [-0.2, 0) is 10.0 Å². The van der Waals surface area contributed by atoms with Crippen molar-refractivity contribution >= 4 is 22.4 Å². The highest BCUT2D eigenvalue weighted by molar-refractivity contribution is 7.89. The normalized spacial score (nSPS) is 19.1. The fraction of sp³-hybridized carbons (Fsp3) is 0.538. The minimum absolute atomic E-state index is 0. The molecule has 120 valence electrons. The smallest absolute Gasteiger partial charge is 0.246 e. The quantitative estimate of drug-likeness (QED) is 0.870. The molecule has 0 amide bonds. The zero-order chi connectivity index (χ0) is 14.8. The summed E-state index contributed by atoms with van der Waals surface area (Å²) < 4.78 is 37.1. The van der Waals surface area contributed by atoms with Gasteiger partial charge in [0.25, 0.3) is 0 Å². The molecule has 21 heavy (non-hydrogen) atoms. The Labute approximate surface area is 131 Å². The van der Waals surface area contributed by atoms with E-state index in [1.165, 1.54) is 24.6 Å². The largest absolute Gasteiger partial charge is 0.497 e. The van der Waals surface area contributed by atoms with Gasteiger partial charge in [-0.2, -0.15) is 4.31 Å². The fourth-order valence-electron chi connectivity index (χ4n) is 2.33. The van der Waals surface area contributed by atoms with Gasteiger partial charge in [-0.15, -0.1) is 12.4 Å². The summed E-state index contributed by atoms with van der Waals surface area (Å²) in [6.45, 7) is 1.45. The average Bonchev–Trinajstić information content (AvgIpc) is 2.96. The van der Waals surface area contributed by atoms with Crippen LogP contribution in [0.25, 0.3) is 0 Å². The standard InChI is InChI=1S/C13H20N2O4S.ClH/c1-18-11-3-4-12(19-2)13(7-11)20(16,17)15-6-5-10(8-14)9-15;/h3-4,7,10H,5-6,8-9,14H2,1-2H3;1H. The summed E-state index contributed by atoms with van der Waals surface area (Å²) in [7, 11) is -0.634. The van der Waals surface area contributed by atoms with E-state index in [0.29, 0.717) is 31.1 Å². The van der Waals surface area contributed by atoms with Gasteiger partial charge in [-0.1, -0.05) is 0 Å². The van der Waals surface area contributed by atoms with Crippen LogP contribution in [0.4, 0.5) is 0 Å². The summed E-state index contributed by atoms with van der Waals surface area (Å²) in [5, 5.41) is 0. The lowest BCUT2D eigenvalue weighted by Gasteiger charge is -2.18. The second-order valence-electron chi connectivity index (χ2n) is 4.77. The van der Waals surface area contributed by atoms with E-state index >= 15 is 0 Å². The van der Waals surface area contributed by atoms with Gasteiger partial charge in [-0.05, 0) is 31.0 Å². The Morgan fingerprint density at radius 3 is 2.57 bits per heavy atom. The van der Waals surface area contributed by atoms with Crippen LogP contribution in [0, 0.1) is 5.92 Å². The highest BCUT2D eigenvalue weighted by Crippen LogP contribution is 2.32. The van der Waals surface area contributed by atoms with E-state index in [1.54, 1.807) is 12.1 Å². The van der Waals surface area contributed by atoms with E-state index < -0.39 is 10.0 Å². The molecular formula is C13H21ClN2O4S. The molecule has 0 spiro atoms. The van der Waals surface area contributed by atoms with Gasteiger partial charge in [-0.25, -0.2) is 8.42 Å². The van der Waals surface area contributed by atoms with Crippen LogP contribution in [0.3, 0.4) is 0 Å². The first-order valence-electron chi connectivity index (χ1n) is 6.45. The maximum Gasteiger partial charge on any atom is 0.246 e. The number of benzene rings is 1. The second kappa shape index (κ2) is 7.31. The molecule has 1 heterocycles. The van der Waals surface area contributed by atoms with Gasteiger partial charge >= 0.3 is 0 Å². The summed E-state index contributed by atoms with van der Waals surface area (Å²) in [6.07, 6.45) is 0.794. The van der Waals surface area contributed by atoms with Gasteiger partial charge in [-0.3, -0.25) is 0 Å². The lowest BCUT2D eigenvalue weighted by atomic mass is 10.1. The van der Waals surface area contributed by atoms with E-state index in [2.05, 4.69) is 0 Å². The Balaban J connectivity index is 0.00000220. The molecule has 0 aliphatic carbocycles. The summed E-state index contributed by atoms with van der Waals surface area (Å²) >= 11 is 0. The highest BCUT2D eigenvalue weighted by Gasteiger charge is 2.34. The van der Waals surface area contributed by atoms with Crippen molar-refractivity contribution in [3.05, 3.63) is 18.2 Å². The molecule has 0 bridgehead atoms. The van der Waals surface area contributed by atoms with Gasteiger partial charge in [0.1, 0.15) is 16.4 Å². The van der Waals surface area contributed by atoms with Crippen LogP contribution < -0.4 is 15.2 Å². The van der Waals surface area contributed by atoms with E-state index in [4.69, 9.17) is 15.2 Å². The number of hydrogen-bond donors (Lipinski definition) is 1. The molecule has 0 radical (unpaired) electrons. The fourth-order valence-corrected chi connectivity index (χ4v) is 4.03. The summed E-state index contributed by atoms with van der Waals surface area (Å²) in [5.41, 5.74) is 5.61. The second-order valence-corrected chi connectivity index (χ2v) is 6.68. The lowest BCUT2D eigenvalue weighted by molar-refractivity contribution is 0.388. The molecule has 6 nitrogen and oxygen atoms in total. The Morgan fingerprint density at radius 2 is 2.05 bits per heavy atom. The molecule has 0 aromatic heterocycles. The van der Waals surface area contributed by atoms with Gasteiger partial charge in [0, 0.05) is 19.2 Å². The topological polar surface area (TPSA) is 81.9 Å². The third-order valence-corrected chi connectivity index (χ3v) is 5.46. The first-order valence-corrected chi connectivity index (χ1v) is 7.89. The Kier molecular flexibility index (Phi) is 6.27. The molecule has 8 heteroatoms. The summed E-state index contributed by atoms with van der Waals surface area (Å²) in [5.74, 6) is 1.03. The number of rotatable bonds is 5. The molecule has 1 aliphatic heterocycles. The van der Waals surface area contributed by atoms with Crippen molar-refractivity contribution < 1.29 is 17.9 Å². The summed E-state index contributed by atoms with van der Waals surface area (Å²) in [6, 6.07) is 4.76. The van der Waals surface area contributed by atoms with Crippen LogP contribution in [0.2, 0.25) is 0 Å². The number of methoxy groups -OCH3 is 2. The maximum absolute atomic E-state index is 12.7. The van der Waals surface area contributed by atoms with Gasteiger partial charge in [0.2, 0.25) is 10.0 Å². The molecule has 1 aromatic rings. The molecule has 1 aromatic carbocycles. The number of nitrogens with two attached hydrogens (primary N) is 1. The molecule has 1 atom stereocenters. The van der Waals surface area contributed by atoms with Crippen LogP contribution in [-0.4, -0.2) is 46.6 Å². The Morgan fingerprint density at radius 1 is 1.33 bits per heavy atom. The predicted octanol–water partition coefficient (Wildman–Crippen LogP) is 1.09. The molecule has 1 fully saturated rings. The van der Waals surface area contributed by atoms with E-state index in [1.807, 2.05) is 0 Å². The first kappa shape index (κ1) is 18.0. The van der Waals surface area contributed by atoms with Crippen LogP contribution in [0.5, 0.6) is 11.5 Å². The maximum atomic E-state index is 12.7. The zero-order valence-corrected chi connectivity index (χ0v) is 13.7. The minimum atomic E-state index is -3.58. The molecule has 1 unspecified atom stereocenters. The third-order valence-electron chi connectivity index (χ3n) is 3.57. The Hall–Kier alpha value is -1.02. The van der Waals surface area contributed by atoms with E-state index in [0.717, 1.165) is 6.42 Å².